The van der Waals surface area contributed by atoms with E-state index in [1.165, 1.54) is 33.0 Å². The predicted octanol–water partition coefficient (Wildman–Crippen LogP) is 13.6. The van der Waals surface area contributed by atoms with Crippen LogP contribution in [0.5, 0.6) is 0 Å². The van der Waals surface area contributed by atoms with E-state index in [9.17, 15) is 0 Å². The highest BCUT2D eigenvalue weighted by Crippen LogP contribution is 2.44. The SMILES string of the molecule is [2H]c1c([2H])c([2H])c(-c2cc3c4cc(-c5c6ccccc6c(Cc6ccccc6-c6ccccc6)c6ccccc56)ccc4oc3c3ccccc23)c([2H])c1[2H]. The first kappa shape index (κ1) is 23.8. The van der Waals surface area contributed by atoms with Crippen molar-refractivity contribution in [3.05, 3.63) is 193 Å². The number of furan rings is 1. The number of hydrogen-bond donors (Lipinski definition) is 0. The summed E-state index contributed by atoms with van der Waals surface area (Å²) in [5.41, 5.74) is 9.31. The lowest BCUT2D eigenvalue weighted by Crippen LogP contribution is -1.97. The van der Waals surface area contributed by atoms with Crippen LogP contribution in [0.4, 0.5) is 0 Å². The van der Waals surface area contributed by atoms with E-state index in [2.05, 4.69) is 115 Å². The van der Waals surface area contributed by atoms with Crippen LogP contribution in [0, 0.1) is 0 Å². The van der Waals surface area contributed by atoms with Gasteiger partial charge < -0.3 is 4.42 Å². The van der Waals surface area contributed by atoms with Gasteiger partial charge in [-0.3, -0.25) is 0 Å². The molecule has 0 saturated carbocycles. The van der Waals surface area contributed by atoms with Crippen molar-refractivity contribution in [1.82, 2.24) is 0 Å². The highest BCUT2D eigenvalue weighted by atomic mass is 16.3. The number of hydrogen-bond acceptors (Lipinski definition) is 1. The van der Waals surface area contributed by atoms with Gasteiger partial charge in [-0.1, -0.05) is 164 Å². The molecule has 0 spiro atoms. The Morgan fingerprint density at radius 2 is 1.04 bits per heavy atom. The molecule has 10 rings (SSSR count). The third-order valence-electron chi connectivity index (χ3n) is 10.0. The molecule has 234 valence electrons. The van der Waals surface area contributed by atoms with Crippen molar-refractivity contribution in [3.63, 3.8) is 0 Å². The Hall–Kier alpha value is -6.44. The van der Waals surface area contributed by atoms with Crippen LogP contribution in [0.25, 0.3) is 87.6 Å². The van der Waals surface area contributed by atoms with Crippen molar-refractivity contribution in [1.29, 1.82) is 0 Å². The Morgan fingerprint density at radius 1 is 0.420 bits per heavy atom. The van der Waals surface area contributed by atoms with Crippen molar-refractivity contribution >= 4 is 54.3 Å². The van der Waals surface area contributed by atoms with Crippen molar-refractivity contribution < 1.29 is 11.3 Å². The van der Waals surface area contributed by atoms with Crippen molar-refractivity contribution in [2.45, 2.75) is 6.42 Å². The Kier molecular flexibility index (Phi) is 5.53. The summed E-state index contributed by atoms with van der Waals surface area (Å²) in [6.07, 6.45) is 0.769. The maximum atomic E-state index is 8.83. The average Bonchev–Trinajstić information content (AvgIpc) is 3.61. The quantitative estimate of drug-likeness (QED) is 0.170. The van der Waals surface area contributed by atoms with E-state index in [0.29, 0.717) is 16.7 Å². The standard InChI is InChI=1S/C49H32O/c1-3-15-32(16-4-1)36-20-8-7-19-34(36)29-44-37-21-9-12-24-40(37)48(41-25-13-10-22-38(41)44)35-27-28-47-45(30-35)46-31-43(33-17-5-2-6-18-33)39-23-11-14-26-42(39)49(46)50-47/h1-28,30-31H,29H2/i2D,5D,6D,17D,18D. The first-order valence-electron chi connectivity index (χ1n) is 19.4. The van der Waals surface area contributed by atoms with E-state index in [1.807, 2.05) is 36.4 Å². The minimum Gasteiger partial charge on any atom is -0.455 e. The normalized spacial score (nSPS) is 13.1. The van der Waals surface area contributed by atoms with Crippen LogP contribution in [-0.2, 0) is 6.42 Å². The second-order valence-electron chi connectivity index (χ2n) is 12.8. The van der Waals surface area contributed by atoms with E-state index in [4.69, 9.17) is 11.3 Å². The fourth-order valence-corrected chi connectivity index (χ4v) is 7.83. The van der Waals surface area contributed by atoms with E-state index >= 15 is 0 Å². The van der Waals surface area contributed by atoms with Crippen LogP contribution in [0.15, 0.2) is 186 Å². The summed E-state index contributed by atoms with van der Waals surface area (Å²) in [5, 5.41) is 8.00. The maximum absolute atomic E-state index is 8.83. The van der Waals surface area contributed by atoms with Crippen LogP contribution >= 0.6 is 0 Å². The van der Waals surface area contributed by atoms with Gasteiger partial charge in [0.25, 0.3) is 0 Å². The molecule has 1 aromatic heterocycles. The van der Waals surface area contributed by atoms with Gasteiger partial charge in [-0.15, -0.1) is 0 Å². The molecule has 9 aromatic carbocycles. The molecule has 0 amide bonds. The summed E-state index contributed by atoms with van der Waals surface area (Å²) in [6.45, 7) is 0. The number of rotatable bonds is 5. The Bertz CT molecular complexity index is 3100. The molecule has 50 heavy (non-hydrogen) atoms. The summed E-state index contributed by atoms with van der Waals surface area (Å²) >= 11 is 0. The minimum atomic E-state index is -0.409. The van der Waals surface area contributed by atoms with E-state index < -0.39 is 6.04 Å². The third kappa shape index (κ3) is 4.55. The van der Waals surface area contributed by atoms with Crippen molar-refractivity contribution in [3.8, 4) is 33.4 Å². The number of benzene rings is 9. The van der Waals surface area contributed by atoms with Gasteiger partial charge in [0, 0.05) is 16.2 Å². The summed E-state index contributed by atoms with van der Waals surface area (Å²) < 4.78 is 49.3. The van der Waals surface area contributed by atoms with Gasteiger partial charge >= 0.3 is 0 Å². The van der Waals surface area contributed by atoms with E-state index in [-0.39, 0.29) is 29.7 Å². The molecule has 0 aliphatic rings. The molecule has 0 aliphatic heterocycles. The number of fused-ring (bicyclic) bond motifs is 7. The topological polar surface area (TPSA) is 13.1 Å². The molecule has 0 radical (unpaired) electrons. The zero-order chi connectivity index (χ0) is 37.4. The van der Waals surface area contributed by atoms with Crippen LogP contribution < -0.4 is 0 Å². The highest BCUT2D eigenvalue weighted by molar-refractivity contribution is 6.21. The average molecular weight is 642 g/mol. The molecule has 0 fully saturated rings. The molecule has 1 nitrogen and oxygen atoms in total. The van der Waals surface area contributed by atoms with Gasteiger partial charge in [-0.05, 0) is 96.1 Å². The van der Waals surface area contributed by atoms with Crippen LogP contribution in [-0.4, -0.2) is 0 Å². The Morgan fingerprint density at radius 3 is 1.78 bits per heavy atom. The van der Waals surface area contributed by atoms with Gasteiger partial charge in [-0.25, -0.2) is 0 Å². The molecule has 10 aromatic rings. The molecule has 0 N–H and O–H groups in total. The van der Waals surface area contributed by atoms with Crippen LogP contribution in [0.1, 0.15) is 18.0 Å². The molecular formula is C49H32O. The van der Waals surface area contributed by atoms with Gasteiger partial charge in [0.05, 0.1) is 6.85 Å². The summed E-state index contributed by atoms with van der Waals surface area (Å²) in [6, 6.07) is 51.0. The van der Waals surface area contributed by atoms with Crippen LogP contribution in [0.2, 0.25) is 0 Å². The maximum Gasteiger partial charge on any atom is 0.143 e. The smallest absolute Gasteiger partial charge is 0.143 e. The molecule has 0 atom stereocenters. The molecule has 0 aliphatic carbocycles. The summed E-state index contributed by atoms with van der Waals surface area (Å²) in [7, 11) is 0. The first-order chi connectivity index (χ1) is 26.9. The first-order valence-corrected chi connectivity index (χ1v) is 16.9. The van der Waals surface area contributed by atoms with Crippen molar-refractivity contribution in [2.75, 3.05) is 0 Å². The van der Waals surface area contributed by atoms with Gasteiger partial charge in [-0.2, -0.15) is 0 Å². The zero-order valence-corrected chi connectivity index (χ0v) is 27.0. The second-order valence-corrected chi connectivity index (χ2v) is 12.8. The minimum absolute atomic E-state index is 0.177. The van der Waals surface area contributed by atoms with Crippen molar-refractivity contribution in [2.24, 2.45) is 0 Å². The Balaban J connectivity index is 1.22. The van der Waals surface area contributed by atoms with Crippen LogP contribution in [0.3, 0.4) is 0 Å². The highest BCUT2D eigenvalue weighted by Gasteiger charge is 2.19. The van der Waals surface area contributed by atoms with E-state index in [0.717, 1.165) is 49.9 Å². The lowest BCUT2D eigenvalue weighted by molar-refractivity contribution is 0.673. The third-order valence-corrected chi connectivity index (χ3v) is 10.0. The lowest BCUT2D eigenvalue weighted by Gasteiger charge is -2.19. The molecular weight excluding hydrogens is 605 g/mol. The monoisotopic (exact) mass is 641 g/mol. The fraction of sp³-hybridized carbons (Fsp3) is 0.0204. The summed E-state index contributed by atoms with van der Waals surface area (Å²) in [5.74, 6) is 0. The van der Waals surface area contributed by atoms with Gasteiger partial charge in [0.2, 0.25) is 0 Å². The molecule has 1 heterocycles. The summed E-state index contributed by atoms with van der Waals surface area (Å²) in [4.78, 5) is 0. The molecule has 0 bridgehead atoms. The molecule has 1 heteroatoms. The lowest BCUT2D eigenvalue weighted by atomic mass is 9.85. The zero-order valence-electron chi connectivity index (χ0n) is 32.0. The van der Waals surface area contributed by atoms with Gasteiger partial charge in [0.15, 0.2) is 0 Å². The fourth-order valence-electron chi connectivity index (χ4n) is 7.83. The molecule has 0 saturated heterocycles. The van der Waals surface area contributed by atoms with Gasteiger partial charge in [0.1, 0.15) is 11.2 Å². The Labute approximate surface area is 297 Å². The second kappa shape index (κ2) is 11.6. The largest absolute Gasteiger partial charge is 0.455 e. The van der Waals surface area contributed by atoms with E-state index in [1.54, 1.807) is 0 Å². The molecule has 0 unspecified atom stereocenters. The predicted molar refractivity (Wildman–Crippen MR) is 212 cm³/mol.